The largest absolute Gasteiger partial charge is 0.323 e. The van der Waals surface area contributed by atoms with Gasteiger partial charge < -0.3 is 10.6 Å². The number of amides is 2. The second-order valence-corrected chi connectivity index (χ2v) is 7.28. The first-order chi connectivity index (χ1) is 11.3. The number of sulfone groups is 1. The van der Waals surface area contributed by atoms with Gasteiger partial charge in [-0.05, 0) is 36.4 Å². The molecule has 0 atom stereocenters. The molecule has 8 heteroatoms. The Hall–Kier alpha value is -2.92. The topological polar surface area (TPSA) is 99.1 Å². The van der Waals surface area contributed by atoms with Crippen LogP contribution in [-0.2, 0) is 15.6 Å². The molecular formula is C16H14FN3O3S. The molecule has 0 bridgehead atoms. The predicted molar refractivity (Wildman–Crippen MR) is 88.7 cm³/mol. The maximum absolute atomic E-state index is 13.9. The number of hydrogen-bond acceptors (Lipinski definition) is 4. The van der Waals surface area contributed by atoms with Crippen LogP contribution in [0.25, 0.3) is 0 Å². The van der Waals surface area contributed by atoms with Crippen LogP contribution >= 0.6 is 0 Å². The van der Waals surface area contributed by atoms with E-state index in [2.05, 4.69) is 10.6 Å². The highest BCUT2D eigenvalue weighted by molar-refractivity contribution is 7.89. The molecule has 2 aromatic carbocycles. The Labute approximate surface area is 138 Å². The lowest BCUT2D eigenvalue weighted by Crippen LogP contribution is -2.19. The smallest absolute Gasteiger partial charge is 0.308 e. The Morgan fingerprint density at radius 2 is 1.71 bits per heavy atom. The van der Waals surface area contributed by atoms with Crippen molar-refractivity contribution in [1.82, 2.24) is 0 Å². The molecule has 24 heavy (non-hydrogen) atoms. The minimum atomic E-state index is -3.34. The van der Waals surface area contributed by atoms with E-state index in [9.17, 15) is 17.6 Å². The molecule has 0 spiro atoms. The zero-order chi connectivity index (χ0) is 17.7. The van der Waals surface area contributed by atoms with Crippen LogP contribution in [-0.4, -0.2) is 20.7 Å². The number of benzene rings is 2. The fourth-order valence-electron chi connectivity index (χ4n) is 1.95. The van der Waals surface area contributed by atoms with Crippen molar-refractivity contribution in [3.63, 3.8) is 0 Å². The maximum atomic E-state index is 13.9. The summed E-state index contributed by atoms with van der Waals surface area (Å²) in [6.45, 7) is 0. The van der Waals surface area contributed by atoms with Crippen molar-refractivity contribution in [2.45, 2.75) is 5.75 Å². The third-order valence-corrected chi connectivity index (χ3v) is 3.84. The molecule has 2 rings (SSSR count). The van der Waals surface area contributed by atoms with Gasteiger partial charge in [0.1, 0.15) is 5.82 Å². The van der Waals surface area contributed by atoms with Crippen LogP contribution in [0, 0.1) is 17.1 Å². The minimum absolute atomic E-state index is 0.0375. The summed E-state index contributed by atoms with van der Waals surface area (Å²) in [6.07, 6.45) is 1.02. The van der Waals surface area contributed by atoms with Crippen LogP contribution < -0.4 is 10.6 Å². The lowest BCUT2D eigenvalue weighted by Gasteiger charge is -2.09. The van der Waals surface area contributed by atoms with Crippen molar-refractivity contribution < 1.29 is 17.6 Å². The molecule has 0 aliphatic rings. The van der Waals surface area contributed by atoms with E-state index in [-0.39, 0.29) is 11.3 Å². The Morgan fingerprint density at radius 3 is 2.25 bits per heavy atom. The lowest BCUT2D eigenvalue weighted by molar-refractivity contribution is 0.262. The molecule has 0 unspecified atom stereocenters. The standard InChI is InChI=1S/C16H14FN3O3S/c1-24(22,23)10-12-4-7-14(8-15(12)17)20-16(21)19-13-5-2-11(9-18)3-6-13/h2-8H,10H2,1H3,(H2,19,20,21). The summed E-state index contributed by atoms with van der Waals surface area (Å²) in [6, 6.07) is 11.4. The summed E-state index contributed by atoms with van der Waals surface area (Å²) in [5.41, 5.74) is 1.16. The van der Waals surface area contributed by atoms with Gasteiger partial charge in [0.2, 0.25) is 0 Å². The summed E-state index contributed by atoms with van der Waals surface area (Å²) in [5, 5.41) is 13.7. The Kier molecular flexibility index (Phi) is 5.16. The van der Waals surface area contributed by atoms with Gasteiger partial charge in [0.15, 0.2) is 9.84 Å². The van der Waals surface area contributed by atoms with Gasteiger partial charge in [-0.15, -0.1) is 0 Å². The highest BCUT2D eigenvalue weighted by Crippen LogP contribution is 2.17. The zero-order valence-corrected chi connectivity index (χ0v) is 13.5. The Morgan fingerprint density at radius 1 is 1.12 bits per heavy atom. The third-order valence-electron chi connectivity index (χ3n) is 3.00. The van der Waals surface area contributed by atoms with Crippen molar-refractivity contribution in [3.05, 3.63) is 59.4 Å². The van der Waals surface area contributed by atoms with E-state index in [0.717, 1.165) is 12.3 Å². The van der Waals surface area contributed by atoms with Gasteiger partial charge in [0.05, 0.1) is 17.4 Å². The molecule has 0 saturated heterocycles. The lowest BCUT2D eigenvalue weighted by atomic mass is 10.2. The second kappa shape index (κ2) is 7.10. The number of nitrogens with one attached hydrogen (secondary N) is 2. The Balaban J connectivity index is 2.03. The highest BCUT2D eigenvalue weighted by atomic mass is 32.2. The highest BCUT2D eigenvalue weighted by Gasteiger charge is 2.11. The molecular weight excluding hydrogens is 333 g/mol. The number of nitriles is 1. The van der Waals surface area contributed by atoms with Crippen LogP contribution in [0.5, 0.6) is 0 Å². The molecule has 2 aromatic rings. The monoisotopic (exact) mass is 347 g/mol. The normalized spacial score (nSPS) is 10.7. The molecule has 2 amide bonds. The van der Waals surface area contributed by atoms with Crippen LogP contribution in [0.3, 0.4) is 0 Å². The van der Waals surface area contributed by atoms with E-state index in [1.807, 2.05) is 6.07 Å². The molecule has 0 radical (unpaired) electrons. The summed E-state index contributed by atoms with van der Waals surface area (Å²) in [4.78, 5) is 11.9. The van der Waals surface area contributed by atoms with Crippen LogP contribution in [0.4, 0.5) is 20.6 Å². The fraction of sp³-hybridized carbons (Fsp3) is 0.125. The number of carbonyl (C=O) groups is 1. The molecule has 0 aliphatic heterocycles. The molecule has 124 valence electrons. The third kappa shape index (κ3) is 5.07. The molecule has 0 saturated carbocycles. The van der Waals surface area contributed by atoms with Crippen LogP contribution in [0.1, 0.15) is 11.1 Å². The van der Waals surface area contributed by atoms with E-state index in [1.54, 1.807) is 24.3 Å². The van der Waals surface area contributed by atoms with Crippen LogP contribution in [0.2, 0.25) is 0 Å². The first-order valence-electron chi connectivity index (χ1n) is 6.81. The SMILES string of the molecule is CS(=O)(=O)Cc1ccc(NC(=O)Nc2ccc(C#N)cc2)cc1F. The molecule has 6 nitrogen and oxygen atoms in total. The number of rotatable bonds is 4. The van der Waals surface area contributed by atoms with Gasteiger partial charge >= 0.3 is 6.03 Å². The van der Waals surface area contributed by atoms with E-state index in [0.29, 0.717) is 11.3 Å². The first-order valence-corrected chi connectivity index (χ1v) is 8.87. The molecule has 2 N–H and O–H groups in total. The molecule has 0 aromatic heterocycles. The summed E-state index contributed by atoms with van der Waals surface area (Å²) < 4.78 is 36.3. The maximum Gasteiger partial charge on any atom is 0.323 e. The van der Waals surface area contributed by atoms with Crippen molar-refractivity contribution in [2.24, 2.45) is 0 Å². The number of hydrogen-bond donors (Lipinski definition) is 2. The number of urea groups is 1. The first kappa shape index (κ1) is 17.4. The van der Waals surface area contributed by atoms with Gasteiger partial charge in [-0.2, -0.15) is 5.26 Å². The summed E-state index contributed by atoms with van der Waals surface area (Å²) in [5.74, 6) is -1.12. The number of nitrogens with zero attached hydrogens (tertiary/aromatic N) is 1. The van der Waals surface area contributed by atoms with Gasteiger partial charge in [-0.1, -0.05) is 6.07 Å². The molecule has 0 aliphatic carbocycles. The van der Waals surface area contributed by atoms with Crippen molar-refractivity contribution in [1.29, 1.82) is 5.26 Å². The van der Waals surface area contributed by atoms with E-state index < -0.39 is 27.4 Å². The number of halogens is 1. The van der Waals surface area contributed by atoms with Crippen molar-refractivity contribution in [3.8, 4) is 6.07 Å². The summed E-state index contributed by atoms with van der Waals surface area (Å²) in [7, 11) is -3.34. The van der Waals surface area contributed by atoms with E-state index >= 15 is 0 Å². The van der Waals surface area contributed by atoms with E-state index in [4.69, 9.17) is 5.26 Å². The van der Waals surface area contributed by atoms with Gasteiger partial charge in [-0.25, -0.2) is 17.6 Å². The van der Waals surface area contributed by atoms with E-state index in [1.165, 1.54) is 12.1 Å². The summed E-state index contributed by atoms with van der Waals surface area (Å²) >= 11 is 0. The predicted octanol–water partition coefficient (Wildman–Crippen LogP) is 2.89. The second-order valence-electron chi connectivity index (χ2n) is 5.14. The fourth-order valence-corrected chi connectivity index (χ4v) is 2.75. The van der Waals surface area contributed by atoms with Crippen LogP contribution in [0.15, 0.2) is 42.5 Å². The van der Waals surface area contributed by atoms with Crippen molar-refractivity contribution >= 4 is 27.2 Å². The number of carbonyl (C=O) groups excluding carboxylic acids is 1. The van der Waals surface area contributed by atoms with Crippen molar-refractivity contribution in [2.75, 3.05) is 16.9 Å². The zero-order valence-electron chi connectivity index (χ0n) is 12.7. The van der Waals surface area contributed by atoms with Gasteiger partial charge in [-0.3, -0.25) is 0 Å². The minimum Gasteiger partial charge on any atom is -0.308 e. The molecule has 0 fully saturated rings. The van der Waals surface area contributed by atoms with Gasteiger partial charge in [0.25, 0.3) is 0 Å². The van der Waals surface area contributed by atoms with Gasteiger partial charge in [0, 0.05) is 23.2 Å². The average Bonchev–Trinajstić information content (AvgIpc) is 2.49. The Bertz CT molecular complexity index is 903. The number of anilines is 2. The molecule has 0 heterocycles. The quantitative estimate of drug-likeness (QED) is 0.888. The average molecular weight is 347 g/mol.